The summed E-state index contributed by atoms with van der Waals surface area (Å²) in [5.74, 6) is -1.08. The first-order valence-electron chi connectivity index (χ1n) is 6.53. The van der Waals surface area contributed by atoms with Crippen LogP contribution in [-0.4, -0.2) is 34.5 Å². The fourth-order valence-electron chi connectivity index (χ4n) is 2.86. The van der Waals surface area contributed by atoms with Gasteiger partial charge in [0.1, 0.15) is 6.04 Å². The van der Waals surface area contributed by atoms with Crippen LogP contribution in [0.1, 0.15) is 34.3 Å². The molecular formula is C14H16N2O3. The minimum Gasteiger partial charge on any atom is -0.480 e. The van der Waals surface area contributed by atoms with Gasteiger partial charge in [0.2, 0.25) is 0 Å². The summed E-state index contributed by atoms with van der Waals surface area (Å²) in [4.78, 5) is 25.0. The molecule has 100 valence electrons. The Hall–Kier alpha value is -1.88. The van der Waals surface area contributed by atoms with Crippen LogP contribution in [0.5, 0.6) is 0 Å². The van der Waals surface area contributed by atoms with E-state index in [1.54, 1.807) is 6.07 Å². The summed E-state index contributed by atoms with van der Waals surface area (Å²) in [7, 11) is 0. The topological polar surface area (TPSA) is 69.6 Å². The highest BCUT2D eigenvalue weighted by molar-refractivity contribution is 5.97. The second kappa shape index (κ2) is 4.66. The van der Waals surface area contributed by atoms with E-state index in [0.29, 0.717) is 18.5 Å². The zero-order valence-corrected chi connectivity index (χ0v) is 10.6. The zero-order chi connectivity index (χ0) is 13.4. The number of carbonyl (C=O) groups is 2. The van der Waals surface area contributed by atoms with Crippen LogP contribution in [0.15, 0.2) is 18.2 Å². The number of carboxylic acids is 1. The molecule has 1 saturated heterocycles. The third-order valence-corrected chi connectivity index (χ3v) is 3.88. The minimum atomic E-state index is -0.909. The maximum Gasteiger partial charge on any atom is 0.326 e. The first kappa shape index (κ1) is 12.2. The summed E-state index contributed by atoms with van der Waals surface area (Å²) in [5.41, 5.74) is 2.94. The smallest absolute Gasteiger partial charge is 0.326 e. The van der Waals surface area contributed by atoms with Gasteiger partial charge in [-0.25, -0.2) is 4.79 Å². The quantitative estimate of drug-likeness (QED) is 0.831. The number of rotatable bonds is 2. The molecule has 2 heterocycles. The lowest BCUT2D eigenvalue weighted by Gasteiger charge is -2.21. The van der Waals surface area contributed by atoms with Gasteiger partial charge in [0, 0.05) is 25.2 Å². The van der Waals surface area contributed by atoms with E-state index >= 15 is 0 Å². The van der Waals surface area contributed by atoms with E-state index in [1.165, 1.54) is 10.5 Å². The zero-order valence-electron chi connectivity index (χ0n) is 10.6. The van der Waals surface area contributed by atoms with Crippen molar-refractivity contribution >= 4 is 11.9 Å². The first-order chi connectivity index (χ1) is 9.16. The van der Waals surface area contributed by atoms with Gasteiger partial charge in [0.25, 0.3) is 5.91 Å². The van der Waals surface area contributed by atoms with E-state index in [1.807, 2.05) is 12.1 Å². The van der Waals surface area contributed by atoms with Crippen molar-refractivity contribution in [3.8, 4) is 0 Å². The summed E-state index contributed by atoms with van der Waals surface area (Å²) in [6, 6.07) is 4.97. The second-order valence-corrected chi connectivity index (χ2v) is 5.08. The molecule has 1 amide bonds. The van der Waals surface area contributed by atoms with Crippen molar-refractivity contribution in [2.45, 2.75) is 32.0 Å². The average molecular weight is 260 g/mol. The summed E-state index contributed by atoms with van der Waals surface area (Å²) in [6.07, 6.45) is 1.31. The van der Waals surface area contributed by atoms with Crippen LogP contribution in [0, 0.1) is 0 Å². The molecule has 0 bridgehead atoms. The van der Waals surface area contributed by atoms with Crippen LogP contribution in [0.3, 0.4) is 0 Å². The van der Waals surface area contributed by atoms with Crippen molar-refractivity contribution in [1.82, 2.24) is 10.2 Å². The highest BCUT2D eigenvalue weighted by Crippen LogP contribution is 2.23. The summed E-state index contributed by atoms with van der Waals surface area (Å²) < 4.78 is 0. The number of aliphatic carboxylic acids is 1. The van der Waals surface area contributed by atoms with Crippen molar-refractivity contribution in [3.63, 3.8) is 0 Å². The standard InChI is InChI=1S/C14H16N2O3/c17-13(16-5-1-2-12(16)14(18)19)9-3-4-10-7-15-8-11(10)6-9/h3-4,6,12,15H,1-2,5,7-8H2,(H,18,19)/t12-/m0/s1. The van der Waals surface area contributed by atoms with Gasteiger partial charge in [-0.05, 0) is 36.1 Å². The largest absolute Gasteiger partial charge is 0.480 e. The number of nitrogens with zero attached hydrogens (tertiary/aromatic N) is 1. The van der Waals surface area contributed by atoms with Crippen LogP contribution in [0.25, 0.3) is 0 Å². The molecule has 0 unspecified atom stereocenters. The molecule has 5 heteroatoms. The van der Waals surface area contributed by atoms with E-state index in [4.69, 9.17) is 5.11 Å². The Labute approximate surface area is 111 Å². The molecule has 2 aliphatic heterocycles. The van der Waals surface area contributed by atoms with Gasteiger partial charge in [-0.3, -0.25) is 4.79 Å². The molecular weight excluding hydrogens is 244 g/mol. The third-order valence-electron chi connectivity index (χ3n) is 3.88. The molecule has 2 aliphatic rings. The second-order valence-electron chi connectivity index (χ2n) is 5.08. The Morgan fingerprint density at radius 1 is 1.26 bits per heavy atom. The molecule has 0 aromatic heterocycles. The highest BCUT2D eigenvalue weighted by atomic mass is 16.4. The van der Waals surface area contributed by atoms with Gasteiger partial charge < -0.3 is 15.3 Å². The minimum absolute atomic E-state index is 0.167. The van der Waals surface area contributed by atoms with Crippen LogP contribution in [0.4, 0.5) is 0 Å². The predicted molar refractivity (Wildman–Crippen MR) is 68.7 cm³/mol. The number of carboxylic acid groups (broad SMARTS) is 1. The van der Waals surface area contributed by atoms with E-state index in [2.05, 4.69) is 5.32 Å². The first-order valence-corrected chi connectivity index (χ1v) is 6.53. The molecule has 3 rings (SSSR count). The lowest BCUT2D eigenvalue weighted by Crippen LogP contribution is -2.40. The molecule has 1 aromatic carbocycles. The number of hydrogen-bond donors (Lipinski definition) is 2. The fourth-order valence-corrected chi connectivity index (χ4v) is 2.86. The molecule has 0 spiro atoms. The van der Waals surface area contributed by atoms with Crippen LogP contribution < -0.4 is 5.32 Å². The summed E-state index contributed by atoms with van der Waals surface area (Å²) >= 11 is 0. The molecule has 1 atom stereocenters. The third kappa shape index (κ3) is 2.10. The maximum atomic E-state index is 12.4. The Kier molecular flexibility index (Phi) is 2.98. The van der Waals surface area contributed by atoms with Crippen LogP contribution >= 0.6 is 0 Å². The Balaban J connectivity index is 1.85. The normalized spacial score (nSPS) is 21.5. The maximum absolute atomic E-state index is 12.4. The van der Waals surface area contributed by atoms with Crippen LogP contribution in [0.2, 0.25) is 0 Å². The number of likely N-dealkylation sites (tertiary alicyclic amines) is 1. The molecule has 1 fully saturated rings. The van der Waals surface area contributed by atoms with Crippen molar-refractivity contribution in [2.24, 2.45) is 0 Å². The number of carbonyl (C=O) groups excluding carboxylic acids is 1. The molecule has 0 aliphatic carbocycles. The Morgan fingerprint density at radius 3 is 2.84 bits per heavy atom. The molecule has 0 saturated carbocycles. The lowest BCUT2D eigenvalue weighted by atomic mass is 10.1. The van der Waals surface area contributed by atoms with Gasteiger partial charge >= 0.3 is 5.97 Å². The van der Waals surface area contributed by atoms with E-state index in [0.717, 1.165) is 25.1 Å². The van der Waals surface area contributed by atoms with E-state index in [9.17, 15) is 9.59 Å². The van der Waals surface area contributed by atoms with Gasteiger partial charge in [0.15, 0.2) is 0 Å². The summed E-state index contributed by atoms with van der Waals surface area (Å²) in [6.45, 7) is 2.15. The number of fused-ring (bicyclic) bond motifs is 1. The van der Waals surface area contributed by atoms with Crippen molar-refractivity contribution in [2.75, 3.05) is 6.54 Å². The Morgan fingerprint density at radius 2 is 2.05 bits per heavy atom. The fraction of sp³-hybridized carbons (Fsp3) is 0.429. The predicted octanol–water partition coefficient (Wildman–Crippen LogP) is 0.979. The number of hydrogen-bond acceptors (Lipinski definition) is 3. The Bertz CT molecular complexity index is 541. The van der Waals surface area contributed by atoms with E-state index < -0.39 is 12.0 Å². The van der Waals surface area contributed by atoms with Gasteiger partial charge in [-0.2, -0.15) is 0 Å². The summed E-state index contributed by atoms with van der Waals surface area (Å²) in [5, 5.41) is 12.4. The van der Waals surface area contributed by atoms with Gasteiger partial charge in [-0.1, -0.05) is 6.07 Å². The van der Waals surface area contributed by atoms with Crippen molar-refractivity contribution < 1.29 is 14.7 Å². The molecule has 5 nitrogen and oxygen atoms in total. The highest BCUT2D eigenvalue weighted by Gasteiger charge is 2.34. The molecule has 1 aromatic rings. The molecule has 0 radical (unpaired) electrons. The average Bonchev–Trinajstić information content (AvgIpc) is 3.05. The number of amides is 1. The van der Waals surface area contributed by atoms with Gasteiger partial charge in [0.05, 0.1) is 0 Å². The van der Waals surface area contributed by atoms with Crippen LogP contribution in [-0.2, 0) is 17.9 Å². The number of benzene rings is 1. The van der Waals surface area contributed by atoms with Crippen molar-refractivity contribution in [1.29, 1.82) is 0 Å². The monoisotopic (exact) mass is 260 g/mol. The van der Waals surface area contributed by atoms with Gasteiger partial charge in [-0.15, -0.1) is 0 Å². The lowest BCUT2D eigenvalue weighted by molar-refractivity contribution is -0.141. The SMILES string of the molecule is O=C(O)[C@@H]1CCCN1C(=O)c1ccc2c(c1)CNC2. The molecule has 19 heavy (non-hydrogen) atoms. The molecule has 2 N–H and O–H groups in total. The van der Waals surface area contributed by atoms with Crippen molar-refractivity contribution in [3.05, 3.63) is 34.9 Å². The number of nitrogens with one attached hydrogen (secondary N) is 1. The van der Waals surface area contributed by atoms with E-state index in [-0.39, 0.29) is 5.91 Å².